The highest BCUT2D eigenvalue weighted by Crippen LogP contribution is 2.09. The van der Waals surface area contributed by atoms with Crippen molar-refractivity contribution in [3.8, 4) is 0 Å². The van der Waals surface area contributed by atoms with Crippen LogP contribution in [0.5, 0.6) is 0 Å². The van der Waals surface area contributed by atoms with Gasteiger partial charge in [-0.15, -0.1) is 37.2 Å². The summed E-state index contributed by atoms with van der Waals surface area (Å²) in [6.45, 7) is 0.964. The van der Waals surface area contributed by atoms with Gasteiger partial charge in [0.25, 0.3) is 5.91 Å². The van der Waals surface area contributed by atoms with Crippen molar-refractivity contribution in [3.05, 3.63) is 11.9 Å². The minimum atomic E-state index is -1.34. The lowest BCUT2D eigenvalue weighted by Crippen LogP contribution is -2.61. The van der Waals surface area contributed by atoms with E-state index in [0.717, 1.165) is 6.20 Å². The molecule has 2 aliphatic heterocycles. The first-order valence-electron chi connectivity index (χ1n) is 11.2. The van der Waals surface area contributed by atoms with Crippen molar-refractivity contribution in [1.82, 2.24) is 37.2 Å². The molecule has 40 heavy (non-hydrogen) atoms. The number of halogens is 3. The number of carbonyl (C=O) groups excluding carboxylic acids is 6. The normalized spacial score (nSPS) is 27.3. The lowest BCUT2D eigenvalue weighted by atomic mass is 10.0. The van der Waals surface area contributed by atoms with Crippen molar-refractivity contribution in [2.24, 2.45) is 27.9 Å². The number of carbonyl (C=O) groups is 6. The van der Waals surface area contributed by atoms with Gasteiger partial charge in [0, 0.05) is 25.8 Å². The molecule has 2 rings (SSSR count). The molecule has 1 saturated heterocycles. The van der Waals surface area contributed by atoms with Gasteiger partial charge >= 0.3 is 6.03 Å². The average molecular weight is 634 g/mol. The van der Waals surface area contributed by atoms with Crippen molar-refractivity contribution in [2.45, 2.75) is 43.6 Å². The average Bonchev–Trinajstić information content (AvgIpc) is 2.85. The fourth-order valence-electron chi connectivity index (χ4n) is 3.28. The topological polar surface area (TPSA) is 303 Å². The van der Waals surface area contributed by atoms with Gasteiger partial charge in [0.1, 0.15) is 29.9 Å². The molecule has 0 aromatic carbocycles. The zero-order valence-electron chi connectivity index (χ0n) is 21.2. The molecule has 0 unspecified atom stereocenters. The Morgan fingerprint density at radius 1 is 1.00 bits per heavy atom. The van der Waals surface area contributed by atoms with Crippen LogP contribution in [0.15, 0.2) is 16.9 Å². The zero-order chi connectivity index (χ0) is 27.7. The van der Waals surface area contributed by atoms with Gasteiger partial charge in [0.15, 0.2) is 5.96 Å². The number of nitrogens with two attached hydrogens (primary N) is 4. The number of guanidine groups is 1. The Labute approximate surface area is 247 Å². The Morgan fingerprint density at radius 3 is 2.23 bits per heavy atom. The lowest BCUT2D eigenvalue weighted by molar-refractivity contribution is -0.132. The second kappa shape index (κ2) is 17.9. The summed E-state index contributed by atoms with van der Waals surface area (Å²) >= 11 is 0. The van der Waals surface area contributed by atoms with E-state index in [1.807, 2.05) is 0 Å². The lowest BCUT2D eigenvalue weighted by Gasteiger charge is -2.29. The highest BCUT2D eigenvalue weighted by molar-refractivity contribution is 6.02. The maximum absolute atomic E-state index is 13.1. The molecule has 0 aliphatic carbocycles. The van der Waals surface area contributed by atoms with Gasteiger partial charge < -0.3 is 60.2 Å². The van der Waals surface area contributed by atoms with Gasteiger partial charge in [-0.25, -0.2) is 9.79 Å². The SMILES string of the molecule is C[C@@H]1NC(=O)[C@@H](N)CNC(=O)[C@H]([C@H]2CCNC(N)=N2)NC(=O)/C(=C/NC(N)=O)NC(=O)[C@H](CN)NC1=O.Cl.Cl.Cl. The zero-order valence-corrected chi connectivity index (χ0v) is 23.7. The van der Waals surface area contributed by atoms with E-state index in [-0.39, 0.29) is 62.7 Å². The van der Waals surface area contributed by atoms with Crippen LogP contribution < -0.4 is 60.2 Å². The fraction of sp³-hybridized carbons (Fsp3) is 0.526. The predicted octanol–water partition coefficient (Wildman–Crippen LogP) is -5.56. The number of nitrogens with one attached hydrogen (secondary N) is 7. The molecule has 2 aliphatic rings. The van der Waals surface area contributed by atoms with Gasteiger partial charge in [0.2, 0.25) is 23.6 Å². The number of nitrogens with zero attached hydrogens (tertiary/aromatic N) is 1. The second-order valence-corrected chi connectivity index (χ2v) is 8.18. The Morgan fingerprint density at radius 2 is 1.65 bits per heavy atom. The van der Waals surface area contributed by atoms with Crippen LogP contribution in [0.3, 0.4) is 0 Å². The molecular formula is C19H35Cl3N12O6. The number of primary amides is 1. The molecule has 2 heterocycles. The van der Waals surface area contributed by atoms with Crippen molar-refractivity contribution < 1.29 is 28.8 Å². The Balaban J connectivity index is 0. The quantitative estimate of drug-likeness (QED) is 0.131. The monoisotopic (exact) mass is 632 g/mol. The van der Waals surface area contributed by atoms with Crippen LogP contribution in [0, 0.1) is 0 Å². The molecule has 18 nitrogen and oxygen atoms in total. The van der Waals surface area contributed by atoms with Crippen LogP contribution in [0.2, 0.25) is 0 Å². The highest BCUT2D eigenvalue weighted by Gasteiger charge is 2.34. The third-order valence-corrected chi connectivity index (χ3v) is 5.32. The highest BCUT2D eigenvalue weighted by atomic mass is 35.5. The summed E-state index contributed by atoms with van der Waals surface area (Å²) in [4.78, 5) is 79.2. The molecule has 0 bridgehead atoms. The van der Waals surface area contributed by atoms with Gasteiger partial charge in [-0.1, -0.05) is 0 Å². The molecule has 0 aromatic rings. The Bertz CT molecular complexity index is 1010. The summed E-state index contributed by atoms with van der Waals surface area (Å²) in [5.41, 5.74) is 21.7. The van der Waals surface area contributed by atoms with Crippen molar-refractivity contribution >= 4 is 78.7 Å². The standard InChI is InChI=1S/C19H32N12O6.3ClH/c1-7-13(32)28-10(4-20)15(34)29-11(6-26-19(23)37)16(35)31-12(9-2-3-24-18(22)30-9)17(36)25-5-8(21)14(33)27-7;;;/h6-10,12H,2-5,20-21H2,1H3,(H,25,36)(H,27,33)(H,28,32)(H,29,34)(H,31,35)(H3,22,24,30)(H3,23,26,37);3*1H/b11-6-;;;/t7-,8-,9+,10-,12-;;;/m0.../s1. The minimum absolute atomic E-state index is 0. The van der Waals surface area contributed by atoms with Crippen LogP contribution in [0.25, 0.3) is 0 Å². The molecule has 21 heteroatoms. The van der Waals surface area contributed by atoms with E-state index < -0.39 is 71.5 Å². The molecular weight excluding hydrogens is 599 g/mol. The number of hydrogen-bond donors (Lipinski definition) is 11. The molecule has 228 valence electrons. The van der Waals surface area contributed by atoms with Crippen LogP contribution >= 0.6 is 37.2 Å². The summed E-state index contributed by atoms with van der Waals surface area (Å²) < 4.78 is 0. The molecule has 0 aromatic heterocycles. The first kappa shape index (κ1) is 38.6. The number of hydrogen-bond acceptors (Lipinski definition) is 11. The van der Waals surface area contributed by atoms with Gasteiger partial charge in [0.05, 0.1) is 6.04 Å². The van der Waals surface area contributed by atoms with E-state index in [1.165, 1.54) is 6.92 Å². The van der Waals surface area contributed by atoms with E-state index in [4.69, 9.17) is 22.9 Å². The van der Waals surface area contributed by atoms with Crippen molar-refractivity contribution in [1.29, 1.82) is 0 Å². The van der Waals surface area contributed by atoms with Crippen LogP contribution in [-0.2, 0) is 24.0 Å². The van der Waals surface area contributed by atoms with Gasteiger partial charge in [-0.2, -0.15) is 0 Å². The molecule has 0 spiro atoms. The van der Waals surface area contributed by atoms with E-state index >= 15 is 0 Å². The third-order valence-electron chi connectivity index (χ3n) is 5.32. The number of aliphatic imine (C=N–C) groups is 1. The Hall–Kier alpha value is -3.58. The van der Waals surface area contributed by atoms with Crippen LogP contribution in [0.1, 0.15) is 13.3 Å². The maximum Gasteiger partial charge on any atom is 0.316 e. The summed E-state index contributed by atoms with van der Waals surface area (Å²) in [5.74, 6) is -4.19. The summed E-state index contributed by atoms with van der Waals surface area (Å²) in [6.07, 6.45) is 1.09. The first-order chi connectivity index (χ1) is 17.4. The van der Waals surface area contributed by atoms with Crippen molar-refractivity contribution in [3.63, 3.8) is 0 Å². The third kappa shape index (κ3) is 11.3. The molecule has 0 saturated carbocycles. The first-order valence-corrected chi connectivity index (χ1v) is 11.2. The maximum atomic E-state index is 13.1. The predicted molar refractivity (Wildman–Crippen MR) is 150 cm³/mol. The van der Waals surface area contributed by atoms with Crippen LogP contribution in [-0.4, -0.2) is 91.4 Å². The smallest absolute Gasteiger partial charge is 0.316 e. The fourth-order valence-corrected chi connectivity index (χ4v) is 3.28. The van der Waals surface area contributed by atoms with Gasteiger partial charge in [-0.05, 0) is 13.3 Å². The van der Waals surface area contributed by atoms with Crippen LogP contribution in [0.4, 0.5) is 4.79 Å². The molecule has 15 N–H and O–H groups in total. The summed E-state index contributed by atoms with van der Waals surface area (Å²) in [7, 11) is 0. The Kier molecular flexibility index (Phi) is 17.3. The van der Waals surface area contributed by atoms with E-state index in [0.29, 0.717) is 6.54 Å². The molecule has 5 atom stereocenters. The summed E-state index contributed by atoms with van der Waals surface area (Å²) in [5, 5.41) is 16.7. The number of rotatable bonds is 3. The van der Waals surface area contributed by atoms with E-state index in [1.54, 1.807) is 0 Å². The molecule has 1 fully saturated rings. The second-order valence-electron chi connectivity index (χ2n) is 8.18. The molecule has 0 radical (unpaired) electrons. The van der Waals surface area contributed by atoms with E-state index in [9.17, 15) is 28.8 Å². The summed E-state index contributed by atoms with van der Waals surface area (Å²) in [6, 6.07) is -6.92. The largest absolute Gasteiger partial charge is 0.370 e. The molecule has 7 amide bonds. The minimum Gasteiger partial charge on any atom is -0.370 e. The number of amides is 7. The van der Waals surface area contributed by atoms with Gasteiger partial charge in [-0.3, -0.25) is 24.0 Å². The van der Waals surface area contributed by atoms with E-state index in [2.05, 4.69) is 42.2 Å². The number of urea groups is 1. The van der Waals surface area contributed by atoms with Crippen molar-refractivity contribution in [2.75, 3.05) is 19.6 Å².